The first-order valence-electron chi connectivity index (χ1n) is 3.56. The number of hydrogen-bond acceptors (Lipinski definition) is 3. The van der Waals surface area contributed by atoms with Crippen LogP contribution in [0.3, 0.4) is 0 Å². The summed E-state index contributed by atoms with van der Waals surface area (Å²) in [6, 6.07) is 3.76. The van der Waals surface area contributed by atoms with Crippen molar-refractivity contribution < 1.29 is 0 Å². The molecule has 1 atom stereocenters. The Bertz CT molecular complexity index is 218. The first-order valence-corrected chi connectivity index (χ1v) is 3.56. The quantitative estimate of drug-likeness (QED) is 0.635. The molecule has 0 fully saturated rings. The Labute approximate surface area is 66.4 Å². The van der Waals surface area contributed by atoms with Crippen molar-refractivity contribution in [2.45, 2.75) is 12.5 Å². The fourth-order valence-electron chi connectivity index (χ4n) is 0.851. The van der Waals surface area contributed by atoms with Crippen LogP contribution < -0.4 is 11.5 Å². The maximum Gasteiger partial charge on any atom is 0.0506 e. The van der Waals surface area contributed by atoms with Gasteiger partial charge in [0.15, 0.2) is 0 Å². The third-order valence-corrected chi connectivity index (χ3v) is 1.76. The Morgan fingerprint density at radius 1 is 1.45 bits per heavy atom. The van der Waals surface area contributed by atoms with Gasteiger partial charge in [0.25, 0.3) is 0 Å². The van der Waals surface area contributed by atoms with Crippen LogP contribution >= 0.6 is 0 Å². The molecule has 0 aromatic carbocycles. The van der Waals surface area contributed by atoms with Crippen molar-refractivity contribution in [2.24, 2.45) is 11.5 Å². The Morgan fingerprint density at radius 2 is 2.00 bits per heavy atom. The highest BCUT2D eigenvalue weighted by atomic mass is 14.8. The molecule has 3 heteroatoms. The Kier molecular flexibility index (Phi) is 2.22. The molecule has 0 aliphatic carbocycles. The van der Waals surface area contributed by atoms with Gasteiger partial charge in [-0.15, -0.1) is 0 Å². The van der Waals surface area contributed by atoms with Crippen LogP contribution in [0.25, 0.3) is 0 Å². The predicted octanol–water partition coefficient (Wildman–Crippen LogP) is 0.214. The molecule has 0 spiro atoms. The number of aromatic nitrogens is 1. The van der Waals surface area contributed by atoms with Crippen LogP contribution in [0.15, 0.2) is 24.5 Å². The standard InChI is InChI=1S/C8H13N3/c1-8(10,6-9)7-2-4-11-5-3-7/h2-5H,6,9-10H2,1H3/t8-/m0/s1. The van der Waals surface area contributed by atoms with Crippen LogP contribution in [-0.2, 0) is 5.54 Å². The minimum absolute atomic E-state index is 0.428. The molecule has 0 aliphatic heterocycles. The highest BCUT2D eigenvalue weighted by Crippen LogP contribution is 2.13. The summed E-state index contributed by atoms with van der Waals surface area (Å²) >= 11 is 0. The molecule has 1 rings (SSSR count). The van der Waals surface area contributed by atoms with Gasteiger partial charge in [0.1, 0.15) is 0 Å². The minimum Gasteiger partial charge on any atom is -0.328 e. The van der Waals surface area contributed by atoms with E-state index in [0.29, 0.717) is 6.54 Å². The Balaban J connectivity index is 2.93. The van der Waals surface area contributed by atoms with E-state index in [1.807, 2.05) is 19.1 Å². The SMILES string of the molecule is C[C@](N)(CN)c1ccncc1. The summed E-state index contributed by atoms with van der Waals surface area (Å²) in [5.41, 5.74) is 12.0. The average molecular weight is 151 g/mol. The molecule has 60 valence electrons. The summed E-state index contributed by atoms with van der Waals surface area (Å²) in [5.74, 6) is 0. The highest BCUT2D eigenvalue weighted by molar-refractivity contribution is 5.20. The maximum absolute atomic E-state index is 5.88. The Hall–Kier alpha value is -0.930. The van der Waals surface area contributed by atoms with E-state index in [2.05, 4.69) is 4.98 Å². The van der Waals surface area contributed by atoms with E-state index in [9.17, 15) is 0 Å². The molecule has 0 saturated heterocycles. The van der Waals surface area contributed by atoms with Gasteiger partial charge in [-0.2, -0.15) is 0 Å². The van der Waals surface area contributed by atoms with Crippen molar-refractivity contribution in [2.75, 3.05) is 6.54 Å². The van der Waals surface area contributed by atoms with Crippen LogP contribution in [0.2, 0.25) is 0 Å². The molecular formula is C8H13N3. The van der Waals surface area contributed by atoms with Crippen LogP contribution in [0.1, 0.15) is 12.5 Å². The van der Waals surface area contributed by atoms with Gasteiger partial charge in [0.2, 0.25) is 0 Å². The molecular weight excluding hydrogens is 138 g/mol. The van der Waals surface area contributed by atoms with Crippen molar-refractivity contribution in [3.63, 3.8) is 0 Å². The summed E-state index contributed by atoms with van der Waals surface area (Å²) in [6.45, 7) is 2.35. The molecule has 1 heterocycles. The molecule has 1 aromatic rings. The van der Waals surface area contributed by atoms with Gasteiger partial charge in [-0.05, 0) is 24.6 Å². The lowest BCUT2D eigenvalue weighted by molar-refractivity contribution is 0.507. The summed E-state index contributed by atoms with van der Waals surface area (Å²) in [4.78, 5) is 3.90. The number of rotatable bonds is 2. The predicted molar refractivity (Wildman–Crippen MR) is 44.8 cm³/mol. The summed E-state index contributed by atoms with van der Waals surface area (Å²) in [6.07, 6.45) is 3.44. The lowest BCUT2D eigenvalue weighted by atomic mass is 9.95. The van der Waals surface area contributed by atoms with E-state index in [0.717, 1.165) is 5.56 Å². The van der Waals surface area contributed by atoms with E-state index in [-0.39, 0.29) is 0 Å². The highest BCUT2D eigenvalue weighted by Gasteiger charge is 2.17. The zero-order chi connectivity index (χ0) is 8.32. The number of nitrogens with two attached hydrogens (primary N) is 2. The smallest absolute Gasteiger partial charge is 0.0506 e. The van der Waals surface area contributed by atoms with E-state index < -0.39 is 5.54 Å². The fraction of sp³-hybridized carbons (Fsp3) is 0.375. The van der Waals surface area contributed by atoms with E-state index in [1.165, 1.54) is 0 Å². The first-order chi connectivity index (χ1) is 5.17. The fourth-order valence-corrected chi connectivity index (χ4v) is 0.851. The second-order valence-electron chi connectivity index (χ2n) is 2.86. The van der Waals surface area contributed by atoms with Gasteiger partial charge in [-0.25, -0.2) is 0 Å². The molecule has 0 saturated carbocycles. The van der Waals surface area contributed by atoms with Crippen molar-refractivity contribution in [3.8, 4) is 0 Å². The molecule has 0 aliphatic rings. The van der Waals surface area contributed by atoms with Gasteiger partial charge < -0.3 is 11.5 Å². The summed E-state index contributed by atoms with van der Waals surface area (Å²) in [7, 11) is 0. The Morgan fingerprint density at radius 3 is 2.45 bits per heavy atom. The van der Waals surface area contributed by atoms with Crippen molar-refractivity contribution in [1.29, 1.82) is 0 Å². The van der Waals surface area contributed by atoms with Gasteiger partial charge in [-0.3, -0.25) is 4.98 Å². The average Bonchev–Trinajstić information content (AvgIpc) is 2.06. The third-order valence-electron chi connectivity index (χ3n) is 1.76. The number of nitrogens with zero attached hydrogens (tertiary/aromatic N) is 1. The normalized spacial score (nSPS) is 15.9. The largest absolute Gasteiger partial charge is 0.328 e. The van der Waals surface area contributed by atoms with Gasteiger partial charge >= 0.3 is 0 Å². The zero-order valence-corrected chi connectivity index (χ0v) is 6.62. The molecule has 1 aromatic heterocycles. The van der Waals surface area contributed by atoms with Crippen LogP contribution in [-0.4, -0.2) is 11.5 Å². The van der Waals surface area contributed by atoms with Crippen molar-refractivity contribution >= 4 is 0 Å². The van der Waals surface area contributed by atoms with E-state index >= 15 is 0 Å². The van der Waals surface area contributed by atoms with Gasteiger partial charge in [0.05, 0.1) is 5.54 Å². The number of hydrogen-bond donors (Lipinski definition) is 2. The van der Waals surface area contributed by atoms with Gasteiger partial charge in [-0.1, -0.05) is 0 Å². The van der Waals surface area contributed by atoms with E-state index in [4.69, 9.17) is 11.5 Å². The zero-order valence-electron chi connectivity index (χ0n) is 6.62. The van der Waals surface area contributed by atoms with Crippen LogP contribution in [0.4, 0.5) is 0 Å². The van der Waals surface area contributed by atoms with Crippen LogP contribution in [0, 0.1) is 0 Å². The van der Waals surface area contributed by atoms with Crippen molar-refractivity contribution in [3.05, 3.63) is 30.1 Å². The van der Waals surface area contributed by atoms with Crippen molar-refractivity contribution in [1.82, 2.24) is 4.98 Å². The molecule has 4 N–H and O–H groups in total. The lowest BCUT2D eigenvalue weighted by Gasteiger charge is -2.22. The molecule has 0 unspecified atom stereocenters. The molecule has 0 bridgehead atoms. The lowest BCUT2D eigenvalue weighted by Crippen LogP contribution is -2.40. The number of pyridine rings is 1. The molecule has 0 radical (unpaired) electrons. The van der Waals surface area contributed by atoms with E-state index in [1.54, 1.807) is 12.4 Å². The van der Waals surface area contributed by atoms with Gasteiger partial charge in [0, 0.05) is 18.9 Å². The summed E-state index contributed by atoms with van der Waals surface area (Å²) in [5, 5.41) is 0. The monoisotopic (exact) mass is 151 g/mol. The first kappa shape index (κ1) is 8.17. The van der Waals surface area contributed by atoms with Crippen LogP contribution in [0.5, 0.6) is 0 Å². The summed E-state index contributed by atoms with van der Waals surface area (Å²) < 4.78 is 0. The molecule has 0 amide bonds. The molecule has 3 nitrogen and oxygen atoms in total. The topological polar surface area (TPSA) is 64.9 Å². The third kappa shape index (κ3) is 1.76. The molecule has 11 heavy (non-hydrogen) atoms. The second kappa shape index (κ2) is 2.98. The minimum atomic E-state index is -0.428. The maximum atomic E-state index is 5.88. The second-order valence-corrected chi connectivity index (χ2v) is 2.86.